The second kappa shape index (κ2) is 11.3. The Morgan fingerprint density at radius 2 is 1.48 bits per heavy atom. The molecule has 0 aromatic heterocycles. The quantitative estimate of drug-likeness (QED) is 0.536. The van der Waals surface area contributed by atoms with Crippen molar-refractivity contribution >= 4 is 23.4 Å². The van der Waals surface area contributed by atoms with Crippen LogP contribution >= 0.6 is 11.6 Å². The van der Waals surface area contributed by atoms with Crippen molar-refractivity contribution in [3.8, 4) is 0 Å². The normalized spacial score (nSPS) is 11.5. The Bertz CT molecular complexity index is 979. The highest BCUT2D eigenvalue weighted by atomic mass is 35.5. The predicted octanol–water partition coefficient (Wildman–Crippen LogP) is 3.76. The number of aliphatic hydroxyl groups is 1. The maximum Gasteiger partial charge on any atom is 0.247 e. The monoisotopic (exact) mass is 436 g/mol. The summed E-state index contributed by atoms with van der Waals surface area (Å²) in [6, 6.07) is 25.0. The molecule has 0 aliphatic heterocycles. The first-order valence-corrected chi connectivity index (χ1v) is 10.5. The molecule has 0 fully saturated rings. The molecule has 5 nitrogen and oxygen atoms in total. The minimum absolute atomic E-state index is 0.115. The van der Waals surface area contributed by atoms with Gasteiger partial charge in [0.2, 0.25) is 11.8 Å². The van der Waals surface area contributed by atoms with E-state index in [4.69, 9.17) is 16.7 Å². The van der Waals surface area contributed by atoms with Gasteiger partial charge in [-0.2, -0.15) is 0 Å². The van der Waals surface area contributed by atoms with Crippen LogP contribution in [-0.4, -0.2) is 35.0 Å². The average Bonchev–Trinajstić information content (AvgIpc) is 2.80. The summed E-state index contributed by atoms with van der Waals surface area (Å²) < 4.78 is 0. The van der Waals surface area contributed by atoms with Crippen LogP contribution in [0.3, 0.4) is 0 Å². The summed E-state index contributed by atoms with van der Waals surface area (Å²) in [6.45, 7) is 0.182. The molecule has 0 unspecified atom stereocenters. The van der Waals surface area contributed by atoms with Crippen LogP contribution < -0.4 is 5.32 Å². The predicted molar refractivity (Wildman–Crippen MR) is 121 cm³/mol. The van der Waals surface area contributed by atoms with Crippen LogP contribution in [-0.2, 0) is 22.6 Å². The Morgan fingerprint density at radius 3 is 2.10 bits per heavy atom. The van der Waals surface area contributed by atoms with Gasteiger partial charge in [-0.3, -0.25) is 9.59 Å². The second-order valence-electron chi connectivity index (χ2n) is 7.14. The van der Waals surface area contributed by atoms with E-state index in [-0.39, 0.29) is 37.9 Å². The maximum absolute atomic E-state index is 13.4. The van der Waals surface area contributed by atoms with Crippen LogP contribution in [0.5, 0.6) is 0 Å². The van der Waals surface area contributed by atoms with Crippen molar-refractivity contribution in [1.82, 2.24) is 10.2 Å². The Morgan fingerprint density at radius 1 is 0.871 bits per heavy atom. The standard InChI is InChI=1S/C25H25ClN2O3/c26-22-13-11-20(12-14-22)18-28(23(30)17-19-7-3-1-4-8-19)24(25(31)27-15-16-29)21-9-5-2-6-10-21/h1-14,24,29H,15-18H2,(H,27,31)/t24-/m0/s1. The van der Waals surface area contributed by atoms with E-state index in [0.717, 1.165) is 11.1 Å². The number of benzene rings is 3. The number of hydrogen-bond acceptors (Lipinski definition) is 3. The average molecular weight is 437 g/mol. The van der Waals surface area contributed by atoms with Crippen LogP contribution in [0.2, 0.25) is 5.02 Å². The van der Waals surface area contributed by atoms with Gasteiger partial charge in [0.25, 0.3) is 0 Å². The van der Waals surface area contributed by atoms with Gasteiger partial charge >= 0.3 is 0 Å². The fourth-order valence-electron chi connectivity index (χ4n) is 3.37. The number of nitrogens with zero attached hydrogens (tertiary/aromatic N) is 1. The van der Waals surface area contributed by atoms with Crippen molar-refractivity contribution < 1.29 is 14.7 Å². The zero-order valence-corrected chi connectivity index (χ0v) is 17.8. The Labute approximate surface area is 187 Å². The molecule has 3 aromatic carbocycles. The van der Waals surface area contributed by atoms with E-state index in [1.54, 1.807) is 17.0 Å². The van der Waals surface area contributed by atoms with Crippen LogP contribution in [0, 0.1) is 0 Å². The molecule has 31 heavy (non-hydrogen) atoms. The molecule has 160 valence electrons. The summed E-state index contributed by atoms with van der Waals surface area (Å²) in [5.74, 6) is -0.509. The Hall–Kier alpha value is -3.15. The lowest BCUT2D eigenvalue weighted by Crippen LogP contribution is -2.44. The molecule has 0 saturated heterocycles. The largest absolute Gasteiger partial charge is 0.395 e. The third-order valence-corrected chi connectivity index (χ3v) is 5.12. The molecule has 0 saturated carbocycles. The zero-order valence-electron chi connectivity index (χ0n) is 17.1. The van der Waals surface area contributed by atoms with Crippen LogP contribution in [0.15, 0.2) is 84.9 Å². The number of carbonyl (C=O) groups is 2. The van der Waals surface area contributed by atoms with Crippen molar-refractivity contribution in [3.05, 3.63) is 107 Å². The topological polar surface area (TPSA) is 69.6 Å². The van der Waals surface area contributed by atoms with Gasteiger partial charge in [0.1, 0.15) is 6.04 Å². The van der Waals surface area contributed by atoms with Gasteiger partial charge in [0.05, 0.1) is 13.0 Å². The van der Waals surface area contributed by atoms with Crippen molar-refractivity contribution in [1.29, 1.82) is 0 Å². The van der Waals surface area contributed by atoms with Gasteiger partial charge in [-0.25, -0.2) is 0 Å². The van der Waals surface area contributed by atoms with E-state index in [1.165, 1.54) is 0 Å². The molecule has 0 bridgehead atoms. The van der Waals surface area contributed by atoms with Gasteiger partial charge in [0.15, 0.2) is 0 Å². The molecule has 0 aliphatic carbocycles. The summed E-state index contributed by atoms with van der Waals surface area (Å²) in [5.41, 5.74) is 2.44. The van der Waals surface area contributed by atoms with Crippen LogP contribution in [0.1, 0.15) is 22.7 Å². The van der Waals surface area contributed by atoms with E-state index in [1.807, 2.05) is 72.8 Å². The van der Waals surface area contributed by atoms with Gasteiger partial charge in [0, 0.05) is 18.1 Å². The minimum atomic E-state index is -0.834. The molecule has 0 aliphatic rings. The minimum Gasteiger partial charge on any atom is -0.395 e. The molecule has 0 spiro atoms. The number of carbonyl (C=O) groups excluding carboxylic acids is 2. The molecule has 1 atom stereocenters. The number of halogens is 1. The summed E-state index contributed by atoms with van der Waals surface area (Å²) in [7, 11) is 0. The third kappa shape index (κ3) is 6.41. The molecule has 0 heterocycles. The molecule has 3 rings (SSSR count). The maximum atomic E-state index is 13.4. The second-order valence-corrected chi connectivity index (χ2v) is 7.57. The lowest BCUT2D eigenvalue weighted by molar-refractivity contribution is -0.141. The zero-order chi connectivity index (χ0) is 22.1. The number of amides is 2. The van der Waals surface area contributed by atoms with E-state index in [2.05, 4.69) is 5.32 Å². The number of hydrogen-bond donors (Lipinski definition) is 2. The highest BCUT2D eigenvalue weighted by Gasteiger charge is 2.31. The Balaban J connectivity index is 1.97. The number of rotatable bonds is 9. The first-order valence-electron chi connectivity index (χ1n) is 10.1. The molecule has 2 amide bonds. The summed E-state index contributed by atoms with van der Waals surface area (Å²) in [5, 5.41) is 12.5. The summed E-state index contributed by atoms with van der Waals surface area (Å²) in [4.78, 5) is 28.1. The molecular formula is C25H25ClN2O3. The van der Waals surface area contributed by atoms with E-state index >= 15 is 0 Å². The van der Waals surface area contributed by atoms with Gasteiger partial charge in [-0.15, -0.1) is 0 Å². The first-order chi connectivity index (χ1) is 15.1. The van der Waals surface area contributed by atoms with Gasteiger partial charge < -0.3 is 15.3 Å². The van der Waals surface area contributed by atoms with E-state index < -0.39 is 6.04 Å². The van der Waals surface area contributed by atoms with Gasteiger partial charge in [-0.05, 0) is 28.8 Å². The lowest BCUT2D eigenvalue weighted by atomic mass is 10.0. The molecule has 6 heteroatoms. The lowest BCUT2D eigenvalue weighted by Gasteiger charge is -2.32. The van der Waals surface area contributed by atoms with Crippen molar-refractivity contribution in [2.75, 3.05) is 13.2 Å². The van der Waals surface area contributed by atoms with Crippen LogP contribution in [0.25, 0.3) is 0 Å². The molecular weight excluding hydrogens is 412 g/mol. The van der Waals surface area contributed by atoms with Crippen molar-refractivity contribution in [2.45, 2.75) is 19.0 Å². The molecule has 3 aromatic rings. The smallest absolute Gasteiger partial charge is 0.247 e. The summed E-state index contributed by atoms with van der Waals surface area (Å²) >= 11 is 6.02. The third-order valence-electron chi connectivity index (χ3n) is 4.87. The Kier molecular flexibility index (Phi) is 8.21. The van der Waals surface area contributed by atoms with E-state index in [0.29, 0.717) is 10.6 Å². The van der Waals surface area contributed by atoms with Crippen molar-refractivity contribution in [3.63, 3.8) is 0 Å². The molecule has 2 N–H and O–H groups in total. The highest BCUT2D eigenvalue weighted by molar-refractivity contribution is 6.30. The summed E-state index contributed by atoms with van der Waals surface area (Å²) in [6.07, 6.45) is 0.172. The van der Waals surface area contributed by atoms with Crippen LogP contribution in [0.4, 0.5) is 0 Å². The molecule has 0 radical (unpaired) electrons. The van der Waals surface area contributed by atoms with E-state index in [9.17, 15) is 9.59 Å². The fourth-order valence-corrected chi connectivity index (χ4v) is 3.49. The van der Waals surface area contributed by atoms with Gasteiger partial charge in [-0.1, -0.05) is 84.4 Å². The number of nitrogens with one attached hydrogen (secondary N) is 1. The first kappa shape index (κ1) is 22.5. The highest BCUT2D eigenvalue weighted by Crippen LogP contribution is 2.25. The SMILES string of the molecule is O=C(NCCO)[C@H](c1ccccc1)N(Cc1ccc(Cl)cc1)C(=O)Cc1ccccc1. The van der Waals surface area contributed by atoms with Crippen molar-refractivity contribution in [2.24, 2.45) is 0 Å². The fraction of sp³-hybridized carbons (Fsp3) is 0.200. The number of aliphatic hydroxyl groups excluding tert-OH is 1.